The number of carboxylic acid groups (broad SMARTS) is 1. The van der Waals surface area contributed by atoms with Gasteiger partial charge in [-0.1, -0.05) is 18.2 Å². The zero-order valence-electron chi connectivity index (χ0n) is 20.1. The number of urea groups is 1. The number of hydrogen-bond acceptors (Lipinski definition) is 5. The summed E-state index contributed by atoms with van der Waals surface area (Å²) in [4.78, 5) is 42.5. The lowest BCUT2D eigenvalue weighted by molar-refractivity contribution is -0.143. The lowest BCUT2D eigenvalue weighted by Gasteiger charge is -2.45. The number of carbonyl (C=O) groups excluding carboxylic acids is 2. The highest BCUT2D eigenvalue weighted by molar-refractivity contribution is 6.18. The van der Waals surface area contributed by atoms with E-state index < -0.39 is 35.8 Å². The standard InChI is InChI=1S/C26H30FN3O5/c1-17(2)35-22-9-4-6-19(12-22)15-28-11-10-26(14-18(28)3)24(33)29(16-23(31)32)25(34)30(26)21-8-5-7-20(27)13-21/h4-9,12-13,17-18H,10-11,14-16H2,1-3H3,(H,31,32)/t18-,26+/m0/s1. The van der Waals surface area contributed by atoms with Gasteiger partial charge in [0.15, 0.2) is 0 Å². The Labute approximate surface area is 203 Å². The molecule has 0 aliphatic carbocycles. The minimum Gasteiger partial charge on any atom is -0.491 e. The molecule has 2 aromatic carbocycles. The summed E-state index contributed by atoms with van der Waals surface area (Å²) in [5.41, 5.74) is 0.0449. The van der Waals surface area contributed by atoms with Crippen molar-refractivity contribution in [1.82, 2.24) is 9.80 Å². The largest absolute Gasteiger partial charge is 0.491 e. The van der Waals surface area contributed by atoms with Gasteiger partial charge in [0.1, 0.15) is 23.7 Å². The smallest absolute Gasteiger partial charge is 0.332 e. The van der Waals surface area contributed by atoms with Crippen molar-refractivity contribution in [3.05, 3.63) is 59.9 Å². The Hall–Kier alpha value is -3.46. The molecule has 8 nitrogen and oxygen atoms in total. The van der Waals surface area contributed by atoms with Gasteiger partial charge in [0.05, 0.1) is 6.10 Å². The van der Waals surface area contributed by atoms with E-state index in [-0.39, 0.29) is 17.8 Å². The molecule has 0 saturated carbocycles. The SMILES string of the molecule is CC(C)Oc1cccc(CN2CC[C@@]3(C[C@@H]2C)C(=O)N(CC(=O)O)C(=O)N3c2cccc(F)c2)c1. The summed E-state index contributed by atoms with van der Waals surface area (Å²) in [5, 5.41) is 9.29. The monoisotopic (exact) mass is 483 g/mol. The maximum absolute atomic E-state index is 14.1. The lowest BCUT2D eigenvalue weighted by atomic mass is 9.81. The Balaban J connectivity index is 1.61. The Morgan fingerprint density at radius 2 is 1.94 bits per heavy atom. The fourth-order valence-corrected chi connectivity index (χ4v) is 5.11. The number of piperidine rings is 1. The zero-order chi connectivity index (χ0) is 25.3. The summed E-state index contributed by atoms with van der Waals surface area (Å²) < 4.78 is 19.8. The molecule has 1 spiro atoms. The van der Waals surface area contributed by atoms with Crippen molar-refractivity contribution in [3.8, 4) is 5.75 Å². The first-order valence-electron chi connectivity index (χ1n) is 11.7. The van der Waals surface area contributed by atoms with Gasteiger partial charge in [-0.25, -0.2) is 9.18 Å². The number of hydrogen-bond donors (Lipinski definition) is 1. The molecule has 9 heteroatoms. The number of amides is 3. The predicted octanol–water partition coefficient (Wildman–Crippen LogP) is 3.89. The highest BCUT2D eigenvalue weighted by Crippen LogP contribution is 2.42. The van der Waals surface area contributed by atoms with Crippen LogP contribution in [0.3, 0.4) is 0 Å². The molecule has 4 rings (SSSR count). The molecule has 186 valence electrons. The highest BCUT2D eigenvalue weighted by atomic mass is 19.1. The van der Waals surface area contributed by atoms with Gasteiger partial charge in [0.2, 0.25) is 0 Å². The number of carbonyl (C=O) groups is 3. The van der Waals surface area contributed by atoms with Crippen molar-refractivity contribution < 1.29 is 28.6 Å². The van der Waals surface area contributed by atoms with Crippen molar-refractivity contribution in [2.75, 3.05) is 18.0 Å². The van der Waals surface area contributed by atoms with Gasteiger partial charge >= 0.3 is 12.0 Å². The van der Waals surface area contributed by atoms with E-state index in [0.717, 1.165) is 16.2 Å². The van der Waals surface area contributed by atoms with Crippen molar-refractivity contribution >= 4 is 23.6 Å². The predicted molar refractivity (Wildman–Crippen MR) is 128 cm³/mol. The summed E-state index contributed by atoms with van der Waals surface area (Å²) in [5.74, 6) is -1.58. The third kappa shape index (κ3) is 4.86. The Bertz CT molecular complexity index is 1140. The Morgan fingerprint density at radius 1 is 1.20 bits per heavy atom. The average molecular weight is 484 g/mol. The summed E-state index contributed by atoms with van der Waals surface area (Å²) >= 11 is 0. The molecular formula is C26H30FN3O5. The number of likely N-dealkylation sites (tertiary alicyclic amines) is 1. The van der Waals surface area contributed by atoms with Gasteiger partial charge in [-0.15, -0.1) is 0 Å². The van der Waals surface area contributed by atoms with Crippen LogP contribution in [0.4, 0.5) is 14.9 Å². The maximum Gasteiger partial charge on any atom is 0.332 e. The van der Waals surface area contributed by atoms with Crippen LogP contribution in [0.1, 0.15) is 39.2 Å². The topological polar surface area (TPSA) is 90.4 Å². The van der Waals surface area contributed by atoms with E-state index in [2.05, 4.69) is 4.90 Å². The molecule has 2 heterocycles. The summed E-state index contributed by atoms with van der Waals surface area (Å²) in [6, 6.07) is 12.5. The first-order valence-corrected chi connectivity index (χ1v) is 11.7. The molecule has 2 aliphatic rings. The van der Waals surface area contributed by atoms with Crippen LogP contribution in [-0.4, -0.2) is 63.6 Å². The van der Waals surface area contributed by atoms with Gasteiger partial charge in [0, 0.05) is 24.8 Å². The fourth-order valence-electron chi connectivity index (χ4n) is 5.11. The van der Waals surface area contributed by atoms with E-state index in [1.807, 2.05) is 45.0 Å². The third-order valence-electron chi connectivity index (χ3n) is 6.58. The molecule has 1 N–H and O–H groups in total. The number of imide groups is 1. The third-order valence-corrected chi connectivity index (χ3v) is 6.58. The summed E-state index contributed by atoms with van der Waals surface area (Å²) in [6.07, 6.45) is 0.663. The quantitative estimate of drug-likeness (QED) is 0.601. The Kier molecular flexibility index (Phi) is 6.80. The van der Waals surface area contributed by atoms with Crippen LogP contribution in [0.25, 0.3) is 0 Å². The van der Waals surface area contributed by atoms with Crippen LogP contribution in [-0.2, 0) is 16.1 Å². The van der Waals surface area contributed by atoms with Crippen LogP contribution in [0, 0.1) is 5.82 Å². The minimum atomic E-state index is -1.28. The second-order valence-electron chi connectivity index (χ2n) is 9.50. The second-order valence-corrected chi connectivity index (χ2v) is 9.50. The van der Waals surface area contributed by atoms with Gasteiger partial charge in [-0.2, -0.15) is 0 Å². The molecule has 0 aromatic heterocycles. The molecule has 2 fully saturated rings. The minimum absolute atomic E-state index is 0.0625. The van der Waals surface area contributed by atoms with Gasteiger partial charge in [0.25, 0.3) is 5.91 Å². The maximum atomic E-state index is 14.1. The zero-order valence-corrected chi connectivity index (χ0v) is 20.1. The average Bonchev–Trinajstić information content (AvgIpc) is 2.96. The Morgan fingerprint density at radius 3 is 2.60 bits per heavy atom. The van der Waals surface area contributed by atoms with Crippen LogP contribution < -0.4 is 9.64 Å². The number of ether oxygens (including phenoxy) is 1. The molecule has 2 aliphatic heterocycles. The van der Waals surface area contributed by atoms with E-state index in [1.54, 1.807) is 6.07 Å². The highest BCUT2D eigenvalue weighted by Gasteiger charge is 2.60. The number of halogens is 1. The number of nitrogens with zero attached hydrogens (tertiary/aromatic N) is 3. The fraction of sp³-hybridized carbons (Fsp3) is 0.423. The number of aliphatic carboxylic acids is 1. The van der Waals surface area contributed by atoms with Crippen molar-refractivity contribution in [1.29, 1.82) is 0 Å². The summed E-state index contributed by atoms with van der Waals surface area (Å²) in [6.45, 7) is 6.33. The van der Waals surface area contributed by atoms with E-state index in [1.165, 1.54) is 23.1 Å². The molecule has 0 radical (unpaired) electrons. The molecule has 3 amide bonds. The first-order chi connectivity index (χ1) is 16.6. The van der Waals surface area contributed by atoms with Crippen molar-refractivity contribution in [3.63, 3.8) is 0 Å². The van der Waals surface area contributed by atoms with Gasteiger partial charge < -0.3 is 9.84 Å². The van der Waals surface area contributed by atoms with E-state index in [9.17, 15) is 23.9 Å². The van der Waals surface area contributed by atoms with Crippen molar-refractivity contribution in [2.24, 2.45) is 0 Å². The van der Waals surface area contributed by atoms with Crippen LogP contribution in [0.5, 0.6) is 5.75 Å². The lowest BCUT2D eigenvalue weighted by Crippen LogP contribution is -2.59. The molecule has 35 heavy (non-hydrogen) atoms. The number of carboxylic acids is 1. The van der Waals surface area contributed by atoms with Crippen LogP contribution >= 0.6 is 0 Å². The molecule has 0 unspecified atom stereocenters. The summed E-state index contributed by atoms with van der Waals surface area (Å²) in [7, 11) is 0. The van der Waals surface area contributed by atoms with Crippen LogP contribution in [0.15, 0.2) is 48.5 Å². The van der Waals surface area contributed by atoms with Crippen molar-refractivity contribution in [2.45, 2.75) is 57.8 Å². The van der Waals surface area contributed by atoms with Crippen LogP contribution in [0.2, 0.25) is 0 Å². The normalized spacial score (nSPS) is 22.9. The molecule has 2 aromatic rings. The number of anilines is 1. The molecular weight excluding hydrogens is 453 g/mol. The molecule has 0 bridgehead atoms. The number of rotatable bonds is 7. The molecule has 2 saturated heterocycles. The molecule has 2 atom stereocenters. The van der Waals surface area contributed by atoms with Gasteiger partial charge in [-0.05, 0) is 69.5 Å². The first kappa shape index (κ1) is 24.7. The van der Waals surface area contributed by atoms with Gasteiger partial charge in [-0.3, -0.25) is 24.3 Å². The van der Waals surface area contributed by atoms with E-state index in [0.29, 0.717) is 25.9 Å². The van der Waals surface area contributed by atoms with E-state index in [4.69, 9.17) is 4.74 Å². The second kappa shape index (κ2) is 9.65. The number of benzene rings is 2. The van der Waals surface area contributed by atoms with E-state index >= 15 is 0 Å².